The Morgan fingerprint density at radius 3 is 2.78 bits per heavy atom. The first-order chi connectivity index (χ1) is 8.47. The standard InChI is InChI=1S/C13H12ClN3O/c1-7-4-5-9-8(6-7)10-11(13(2,3)18-9)16-17-12(14)15-10/h4-6H,1-3H3. The number of benzene rings is 1. The zero-order valence-corrected chi connectivity index (χ0v) is 11.1. The minimum absolute atomic E-state index is 0.152. The molecule has 18 heavy (non-hydrogen) atoms. The molecule has 1 aromatic heterocycles. The third-order valence-electron chi connectivity index (χ3n) is 2.99. The zero-order chi connectivity index (χ0) is 12.9. The van der Waals surface area contributed by atoms with E-state index < -0.39 is 5.60 Å². The van der Waals surface area contributed by atoms with Crippen molar-refractivity contribution in [3.63, 3.8) is 0 Å². The molecule has 1 aliphatic rings. The summed E-state index contributed by atoms with van der Waals surface area (Å²) in [6.45, 7) is 5.91. The van der Waals surface area contributed by atoms with Gasteiger partial charge in [0.25, 0.3) is 0 Å². The van der Waals surface area contributed by atoms with Gasteiger partial charge in [0.15, 0.2) is 0 Å². The van der Waals surface area contributed by atoms with E-state index in [2.05, 4.69) is 15.2 Å². The summed E-state index contributed by atoms with van der Waals surface area (Å²) in [5.74, 6) is 0.801. The van der Waals surface area contributed by atoms with Gasteiger partial charge in [0, 0.05) is 5.56 Å². The SMILES string of the molecule is Cc1ccc2c(c1)-c1nc(Cl)nnc1C(C)(C)O2. The number of halogens is 1. The van der Waals surface area contributed by atoms with Crippen LogP contribution < -0.4 is 4.74 Å². The van der Waals surface area contributed by atoms with Gasteiger partial charge >= 0.3 is 0 Å². The third-order valence-corrected chi connectivity index (χ3v) is 3.15. The molecule has 1 aliphatic heterocycles. The van der Waals surface area contributed by atoms with Gasteiger partial charge in [-0.15, -0.1) is 10.2 Å². The van der Waals surface area contributed by atoms with Gasteiger partial charge in [0.05, 0.1) is 0 Å². The first kappa shape index (κ1) is 11.4. The highest BCUT2D eigenvalue weighted by Crippen LogP contribution is 2.43. The molecule has 0 radical (unpaired) electrons. The van der Waals surface area contributed by atoms with Crippen LogP contribution in [0.25, 0.3) is 11.3 Å². The molecule has 0 bridgehead atoms. The number of nitrogens with zero attached hydrogens (tertiary/aromatic N) is 3. The van der Waals surface area contributed by atoms with E-state index in [-0.39, 0.29) is 5.28 Å². The van der Waals surface area contributed by atoms with Gasteiger partial charge in [-0.3, -0.25) is 0 Å². The maximum absolute atomic E-state index is 5.96. The van der Waals surface area contributed by atoms with Crippen molar-refractivity contribution in [3.8, 4) is 17.0 Å². The monoisotopic (exact) mass is 261 g/mol. The fourth-order valence-corrected chi connectivity index (χ4v) is 2.26. The normalized spacial score (nSPS) is 15.6. The van der Waals surface area contributed by atoms with Crippen LogP contribution in [0.5, 0.6) is 5.75 Å². The second kappa shape index (κ2) is 3.65. The summed E-state index contributed by atoms with van der Waals surface area (Å²) in [5.41, 5.74) is 2.97. The topological polar surface area (TPSA) is 47.9 Å². The predicted molar refractivity (Wildman–Crippen MR) is 68.7 cm³/mol. The summed E-state index contributed by atoms with van der Waals surface area (Å²) in [4.78, 5) is 4.30. The Morgan fingerprint density at radius 2 is 2.00 bits per heavy atom. The Morgan fingerprint density at radius 1 is 1.22 bits per heavy atom. The van der Waals surface area contributed by atoms with Crippen molar-refractivity contribution < 1.29 is 4.74 Å². The highest BCUT2D eigenvalue weighted by molar-refractivity contribution is 6.28. The summed E-state index contributed by atoms with van der Waals surface area (Å²) in [5, 5.41) is 8.09. The molecule has 2 heterocycles. The first-order valence-corrected chi connectivity index (χ1v) is 6.06. The van der Waals surface area contributed by atoms with E-state index in [4.69, 9.17) is 16.3 Å². The van der Waals surface area contributed by atoms with Crippen molar-refractivity contribution in [1.29, 1.82) is 0 Å². The van der Waals surface area contributed by atoms with Crippen LogP contribution in [0.2, 0.25) is 5.28 Å². The summed E-state index contributed by atoms with van der Waals surface area (Å²) in [7, 11) is 0. The maximum Gasteiger partial charge on any atom is 0.243 e. The molecular weight excluding hydrogens is 250 g/mol. The smallest absolute Gasteiger partial charge is 0.243 e. The van der Waals surface area contributed by atoms with Gasteiger partial charge in [-0.1, -0.05) is 11.6 Å². The molecule has 0 saturated carbocycles. The molecule has 92 valence electrons. The van der Waals surface area contributed by atoms with E-state index in [0.29, 0.717) is 5.69 Å². The summed E-state index contributed by atoms with van der Waals surface area (Å²) in [6.07, 6.45) is 0. The average Bonchev–Trinajstić information content (AvgIpc) is 2.30. The molecule has 5 heteroatoms. The molecular formula is C13H12ClN3O. The van der Waals surface area contributed by atoms with Crippen LogP contribution in [0, 0.1) is 6.92 Å². The minimum Gasteiger partial charge on any atom is -0.481 e. The lowest BCUT2D eigenvalue weighted by molar-refractivity contribution is 0.0986. The molecule has 0 atom stereocenters. The Kier molecular flexibility index (Phi) is 2.32. The van der Waals surface area contributed by atoms with Gasteiger partial charge in [-0.05, 0) is 44.5 Å². The molecule has 0 fully saturated rings. The van der Waals surface area contributed by atoms with Crippen molar-refractivity contribution in [2.75, 3.05) is 0 Å². The van der Waals surface area contributed by atoms with Crippen molar-refractivity contribution in [3.05, 3.63) is 34.7 Å². The van der Waals surface area contributed by atoms with E-state index >= 15 is 0 Å². The van der Waals surface area contributed by atoms with E-state index in [1.807, 2.05) is 39.0 Å². The number of aryl methyl sites for hydroxylation is 1. The molecule has 0 amide bonds. The molecule has 0 saturated heterocycles. The fourth-order valence-electron chi connectivity index (χ4n) is 2.14. The van der Waals surface area contributed by atoms with Crippen LogP contribution in [0.1, 0.15) is 25.1 Å². The number of aromatic nitrogens is 3. The molecule has 2 aromatic rings. The molecule has 0 unspecified atom stereocenters. The van der Waals surface area contributed by atoms with E-state index in [1.165, 1.54) is 0 Å². The third kappa shape index (κ3) is 1.64. The van der Waals surface area contributed by atoms with Gasteiger partial charge in [0.2, 0.25) is 5.28 Å². The molecule has 0 spiro atoms. The Bertz CT molecular complexity index is 640. The summed E-state index contributed by atoms with van der Waals surface area (Å²) >= 11 is 5.85. The fraction of sp³-hybridized carbons (Fsp3) is 0.308. The lowest BCUT2D eigenvalue weighted by Gasteiger charge is -2.32. The molecule has 1 aromatic carbocycles. The van der Waals surface area contributed by atoms with Crippen LogP contribution in [0.4, 0.5) is 0 Å². The van der Waals surface area contributed by atoms with E-state index in [0.717, 1.165) is 22.6 Å². The van der Waals surface area contributed by atoms with E-state index in [1.54, 1.807) is 0 Å². The minimum atomic E-state index is -0.553. The van der Waals surface area contributed by atoms with Crippen LogP contribution >= 0.6 is 11.6 Å². The predicted octanol–water partition coefficient (Wildman–Crippen LogP) is 3.13. The molecule has 3 rings (SSSR count). The zero-order valence-electron chi connectivity index (χ0n) is 10.4. The largest absolute Gasteiger partial charge is 0.481 e. The van der Waals surface area contributed by atoms with E-state index in [9.17, 15) is 0 Å². The lowest BCUT2D eigenvalue weighted by atomic mass is 9.94. The lowest BCUT2D eigenvalue weighted by Crippen LogP contribution is -2.31. The van der Waals surface area contributed by atoms with Crippen LogP contribution in [-0.4, -0.2) is 15.2 Å². The second-order valence-corrected chi connectivity index (χ2v) is 5.23. The highest BCUT2D eigenvalue weighted by atomic mass is 35.5. The van der Waals surface area contributed by atoms with Crippen LogP contribution in [0.3, 0.4) is 0 Å². The summed E-state index contributed by atoms with van der Waals surface area (Å²) in [6, 6.07) is 5.98. The molecule has 0 aliphatic carbocycles. The van der Waals surface area contributed by atoms with Gasteiger partial charge in [0.1, 0.15) is 22.7 Å². The number of hydrogen-bond acceptors (Lipinski definition) is 4. The van der Waals surface area contributed by atoms with Gasteiger partial charge in [-0.25, -0.2) is 4.98 Å². The average molecular weight is 262 g/mol. The summed E-state index contributed by atoms with van der Waals surface area (Å²) < 4.78 is 5.96. The van der Waals surface area contributed by atoms with Crippen molar-refractivity contribution in [2.45, 2.75) is 26.4 Å². The number of fused-ring (bicyclic) bond motifs is 3. The van der Waals surface area contributed by atoms with Crippen molar-refractivity contribution >= 4 is 11.6 Å². The quantitative estimate of drug-likeness (QED) is 0.731. The highest BCUT2D eigenvalue weighted by Gasteiger charge is 2.35. The first-order valence-electron chi connectivity index (χ1n) is 5.68. The second-order valence-electron chi connectivity index (χ2n) is 4.89. The van der Waals surface area contributed by atoms with Crippen molar-refractivity contribution in [1.82, 2.24) is 15.2 Å². The van der Waals surface area contributed by atoms with Gasteiger partial charge in [-0.2, -0.15) is 0 Å². The number of hydrogen-bond donors (Lipinski definition) is 0. The Labute approximate surface area is 110 Å². The number of ether oxygens (including phenoxy) is 1. The maximum atomic E-state index is 5.96. The Hall–Kier alpha value is -1.68. The van der Waals surface area contributed by atoms with Crippen molar-refractivity contribution in [2.24, 2.45) is 0 Å². The number of rotatable bonds is 0. The van der Waals surface area contributed by atoms with Gasteiger partial charge < -0.3 is 4.74 Å². The Balaban J connectivity index is 2.34. The van der Waals surface area contributed by atoms with Crippen LogP contribution in [0.15, 0.2) is 18.2 Å². The molecule has 4 nitrogen and oxygen atoms in total. The van der Waals surface area contributed by atoms with Crippen LogP contribution in [-0.2, 0) is 5.60 Å². The molecule has 0 N–H and O–H groups in total.